The number of ether oxygens (including phenoxy) is 3. The Morgan fingerprint density at radius 3 is 2.90 bits per heavy atom. The van der Waals surface area contributed by atoms with Gasteiger partial charge in [0.25, 0.3) is 0 Å². The van der Waals surface area contributed by atoms with Gasteiger partial charge in [-0.05, 0) is 30.2 Å². The molecule has 1 N–H and O–H groups in total. The number of aryl methyl sites for hydroxylation is 1. The third kappa shape index (κ3) is 5.89. The van der Waals surface area contributed by atoms with Crippen LogP contribution in [0.5, 0.6) is 5.75 Å². The second-order valence-electron chi connectivity index (χ2n) is 9.68. The van der Waals surface area contributed by atoms with Crippen molar-refractivity contribution in [3.8, 4) is 5.75 Å². The molecule has 0 aromatic heterocycles. The fraction of sp³-hybridized carbons (Fsp3) is 0.654. The fourth-order valence-corrected chi connectivity index (χ4v) is 4.70. The van der Waals surface area contributed by atoms with Crippen LogP contribution in [-0.4, -0.2) is 43.6 Å². The highest BCUT2D eigenvalue weighted by Crippen LogP contribution is 2.52. The second kappa shape index (κ2) is 10.6. The molecule has 172 valence electrons. The van der Waals surface area contributed by atoms with Gasteiger partial charge < -0.3 is 19.3 Å². The van der Waals surface area contributed by atoms with Crippen molar-refractivity contribution in [1.82, 2.24) is 0 Å². The van der Waals surface area contributed by atoms with Crippen molar-refractivity contribution in [2.45, 2.75) is 77.4 Å². The summed E-state index contributed by atoms with van der Waals surface area (Å²) in [5, 5.41) is 10.7. The van der Waals surface area contributed by atoms with Crippen molar-refractivity contribution >= 4 is 5.97 Å². The Bertz CT molecular complexity index is 769. The molecule has 0 bridgehead atoms. The van der Waals surface area contributed by atoms with Crippen LogP contribution in [-0.2, 0) is 20.7 Å². The number of fused-ring (bicyclic) bond motifs is 3. The van der Waals surface area contributed by atoms with Crippen LogP contribution in [0.25, 0.3) is 0 Å². The number of carbonyl (C=O) groups excluding carboxylic acids is 1. The molecule has 1 unspecified atom stereocenters. The number of allylic oxidation sites excluding steroid dienone is 1. The Morgan fingerprint density at radius 1 is 1.35 bits per heavy atom. The summed E-state index contributed by atoms with van der Waals surface area (Å²) in [7, 11) is 1.41. The van der Waals surface area contributed by atoms with E-state index in [0.29, 0.717) is 19.3 Å². The van der Waals surface area contributed by atoms with E-state index in [9.17, 15) is 9.90 Å². The zero-order valence-electron chi connectivity index (χ0n) is 19.4. The Morgan fingerprint density at radius 2 is 2.16 bits per heavy atom. The van der Waals surface area contributed by atoms with Gasteiger partial charge in [0, 0.05) is 36.8 Å². The van der Waals surface area contributed by atoms with Crippen LogP contribution in [0.3, 0.4) is 0 Å². The lowest BCUT2D eigenvalue weighted by Crippen LogP contribution is -2.20. The number of aliphatic hydroxyl groups excluding tert-OH is 1. The predicted octanol–water partition coefficient (Wildman–Crippen LogP) is 4.81. The second-order valence-corrected chi connectivity index (χ2v) is 9.68. The molecule has 0 spiro atoms. The van der Waals surface area contributed by atoms with Crippen molar-refractivity contribution in [3.63, 3.8) is 0 Å². The number of hydrogen-bond donors (Lipinski definition) is 1. The summed E-state index contributed by atoms with van der Waals surface area (Å²) in [4.78, 5) is 11.6. The Kier molecular flexibility index (Phi) is 8.17. The summed E-state index contributed by atoms with van der Waals surface area (Å²) in [5.41, 5.74) is 2.26. The molecule has 5 heteroatoms. The maximum atomic E-state index is 11.6. The van der Waals surface area contributed by atoms with Crippen molar-refractivity contribution in [1.29, 1.82) is 0 Å². The number of esters is 1. The highest BCUT2D eigenvalue weighted by molar-refractivity contribution is 5.69. The molecule has 1 aromatic rings. The third-order valence-corrected chi connectivity index (χ3v) is 6.48. The van der Waals surface area contributed by atoms with Gasteiger partial charge in [0.05, 0.1) is 19.8 Å². The number of para-hydroxylation sites is 1. The monoisotopic (exact) mass is 430 g/mol. The first-order valence-electron chi connectivity index (χ1n) is 11.6. The number of carbonyl (C=O) groups is 1. The van der Waals surface area contributed by atoms with Gasteiger partial charge in [-0.2, -0.15) is 0 Å². The number of hydrogen-bond acceptors (Lipinski definition) is 5. The summed E-state index contributed by atoms with van der Waals surface area (Å²) in [6.07, 6.45) is 8.71. The normalized spacial score (nSPS) is 24.8. The number of rotatable bonds is 11. The molecule has 1 fully saturated rings. The Balaban J connectivity index is 1.66. The zero-order valence-corrected chi connectivity index (χ0v) is 19.4. The van der Waals surface area contributed by atoms with E-state index in [1.54, 1.807) is 0 Å². The van der Waals surface area contributed by atoms with Crippen LogP contribution in [0.1, 0.15) is 69.9 Å². The summed E-state index contributed by atoms with van der Waals surface area (Å²) < 4.78 is 16.9. The van der Waals surface area contributed by atoms with Crippen molar-refractivity contribution < 1.29 is 24.1 Å². The van der Waals surface area contributed by atoms with Gasteiger partial charge in [0.2, 0.25) is 0 Å². The molecule has 0 amide bonds. The van der Waals surface area contributed by atoms with Crippen molar-refractivity contribution in [2.24, 2.45) is 11.3 Å². The quantitative estimate of drug-likeness (QED) is 0.310. The first kappa shape index (κ1) is 23.8. The number of methoxy groups -OCH3 is 1. The van der Waals surface area contributed by atoms with E-state index < -0.39 is 6.10 Å². The van der Waals surface area contributed by atoms with Crippen LogP contribution < -0.4 is 4.74 Å². The average molecular weight is 431 g/mol. The van der Waals surface area contributed by atoms with E-state index in [0.717, 1.165) is 49.4 Å². The minimum absolute atomic E-state index is 0.00989. The molecular formula is C26H38O5. The molecule has 2 aliphatic rings. The Hall–Kier alpha value is -1.85. The van der Waals surface area contributed by atoms with E-state index in [1.165, 1.54) is 7.11 Å². The third-order valence-electron chi connectivity index (χ3n) is 6.48. The highest BCUT2D eigenvalue weighted by Gasteiger charge is 2.48. The van der Waals surface area contributed by atoms with Gasteiger partial charge in [0.1, 0.15) is 11.9 Å². The number of unbranched alkanes of at least 4 members (excludes halogenated alkanes) is 1. The van der Waals surface area contributed by atoms with Crippen LogP contribution in [0.15, 0.2) is 30.4 Å². The molecule has 1 heterocycles. The topological polar surface area (TPSA) is 65.0 Å². The van der Waals surface area contributed by atoms with Gasteiger partial charge in [0.15, 0.2) is 0 Å². The molecule has 5 nitrogen and oxygen atoms in total. The smallest absolute Gasteiger partial charge is 0.305 e. The molecule has 4 atom stereocenters. The lowest BCUT2D eigenvalue weighted by Gasteiger charge is -2.23. The van der Waals surface area contributed by atoms with Crippen LogP contribution in [0.2, 0.25) is 0 Å². The maximum absolute atomic E-state index is 11.6. The predicted molar refractivity (Wildman–Crippen MR) is 121 cm³/mol. The molecule has 1 aliphatic carbocycles. The minimum atomic E-state index is -0.401. The average Bonchev–Trinajstić information content (AvgIpc) is 3.25. The first-order valence-corrected chi connectivity index (χ1v) is 11.6. The number of aliphatic hydroxyl groups is 1. The Labute approximate surface area is 186 Å². The van der Waals surface area contributed by atoms with E-state index in [2.05, 4.69) is 39.0 Å². The summed E-state index contributed by atoms with van der Waals surface area (Å²) in [5.74, 6) is 0.881. The summed E-state index contributed by atoms with van der Waals surface area (Å²) in [6.45, 7) is 8.18. The SMILES string of the molecule is CCCCOCC(C)(C)C/C=C/C1[C@H](O)C[C@@H]2Oc3c(CCC(=O)OC)cccc3[C@H]12. The number of benzene rings is 1. The van der Waals surface area contributed by atoms with Gasteiger partial charge >= 0.3 is 5.97 Å². The molecule has 0 saturated heterocycles. The van der Waals surface area contributed by atoms with Crippen molar-refractivity contribution in [3.05, 3.63) is 41.5 Å². The molecule has 1 aromatic carbocycles. The van der Waals surface area contributed by atoms with Gasteiger partial charge in [-0.3, -0.25) is 4.79 Å². The van der Waals surface area contributed by atoms with E-state index in [1.807, 2.05) is 12.1 Å². The summed E-state index contributed by atoms with van der Waals surface area (Å²) >= 11 is 0. The van der Waals surface area contributed by atoms with Crippen molar-refractivity contribution in [2.75, 3.05) is 20.3 Å². The van der Waals surface area contributed by atoms with E-state index >= 15 is 0 Å². The molecule has 0 radical (unpaired) electrons. The molecule has 3 rings (SSSR count). The van der Waals surface area contributed by atoms with E-state index in [4.69, 9.17) is 14.2 Å². The van der Waals surface area contributed by atoms with Crippen LogP contribution in [0, 0.1) is 11.3 Å². The standard InChI is InChI=1S/C26H38O5/c1-5-6-15-30-17-26(2,3)14-8-11-19-21(27)16-22-24(19)20-10-7-9-18(25(20)31-22)12-13-23(28)29-4/h7-11,19,21-22,24,27H,5-6,12-17H2,1-4H3/b11-8+/t19?,21-,22+,24+/m1/s1. The lowest BCUT2D eigenvalue weighted by atomic mass is 9.85. The largest absolute Gasteiger partial charge is 0.489 e. The summed E-state index contributed by atoms with van der Waals surface area (Å²) in [6, 6.07) is 6.15. The minimum Gasteiger partial charge on any atom is -0.489 e. The molecule has 31 heavy (non-hydrogen) atoms. The lowest BCUT2D eigenvalue weighted by molar-refractivity contribution is -0.140. The molecular weight excluding hydrogens is 392 g/mol. The molecule has 1 aliphatic heterocycles. The van der Waals surface area contributed by atoms with Crippen LogP contribution in [0.4, 0.5) is 0 Å². The van der Waals surface area contributed by atoms with Gasteiger partial charge in [-0.15, -0.1) is 0 Å². The zero-order chi connectivity index (χ0) is 22.4. The van der Waals surface area contributed by atoms with Crippen LogP contribution >= 0.6 is 0 Å². The fourth-order valence-electron chi connectivity index (χ4n) is 4.70. The van der Waals surface area contributed by atoms with E-state index in [-0.39, 0.29) is 29.3 Å². The highest BCUT2D eigenvalue weighted by atomic mass is 16.5. The first-order chi connectivity index (χ1) is 14.9. The maximum Gasteiger partial charge on any atom is 0.305 e. The molecule has 1 saturated carbocycles. The van der Waals surface area contributed by atoms with Gasteiger partial charge in [-0.1, -0.05) is 57.5 Å². The van der Waals surface area contributed by atoms with Gasteiger partial charge in [-0.25, -0.2) is 0 Å².